The molecule has 1 aromatic carbocycles. The summed E-state index contributed by atoms with van der Waals surface area (Å²) in [5, 5.41) is 12.7. The molecule has 114 valence electrons. The molecule has 0 atom stereocenters. The van der Waals surface area contributed by atoms with Crippen LogP contribution in [0.1, 0.15) is 43.0 Å². The molecule has 0 bridgehead atoms. The van der Waals surface area contributed by atoms with Crippen LogP contribution in [0.2, 0.25) is 5.02 Å². The molecule has 21 heavy (non-hydrogen) atoms. The van der Waals surface area contributed by atoms with Gasteiger partial charge in [-0.2, -0.15) is 0 Å². The van der Waals surface area contributed by atoms with Crippen molar-refractivity contribution in [2.24, 2.45) is 5.92 Å². The predicted molar refractivity (Wildman–Crippen MR) is 84.6 cm³/mol. The topological polar surface area (TPSA) is 66.4 Å². The molecule has 4 nitrogen and oxygen atoms in total. The van der Waals surface area contributed by atoms with E-state index in [9.17, 15) is 14.7 Å². The molecule has 2 rings (SSSR count). The standard InChI is InChI=1S/C15H17BrClNO3/c1-9-2-4-15(5-3-9,14(20)21)18-13(19)10-6-11(16)8-12(17)7-10/h6-9H,2-5H2,1H3,(H,18,19)(H,20,21). The molecule has 0 aromatic heterocycles. The zero-order chi connectivity index (χ0) is 15.6. The Morgan fingerprint density at radius 1 is 1.33 bits per heavy atom. The molecule has 6 heteroatoms. The van der Waals surface area contributed by atoms with Gasteiger partial charge in [0, 0.05) is 15.1 Å². The fourth-order valence-corrected chi connectivity index (χ4v) is 3.48. The van der Waals surface area contributed by atoms with Crippen LogP contribution in [0.3, 0.4) is 0 Å². The zero-order valence-corrected chi connectivity index (χ0v) is 14.0. The van der Waals surface area contributed by atoms with Gasteiger partial charge in [0.2, 0.25) is 0 Å². The van der Waals surface area contributed by atoms with Gasteiger partial charge in [-0.25, -0.2) is 4.79 Å². The van der Waals surface area contributed by atoms with E-state index in [-0.39, 0.29) is 0 Å². The van der Waals surface area contributed by atoms with Crippen LogP contribution >= 0.6 is 27.5 Å². The molecule has 0 radical (unpaired) electrons. The summed E-state index contributed by atoms with van der Waals surface area (Å²) in [5.41, 5.74) is -0.813. The number of carboxylic acids is 1. The highest BCUT2D eigenvalue weighted by molar-refractivity contribution is 9.10. The molecular formula is C15H17BrClNO3. The van der Waals surface area contributed by atoms with Crippen LogP contribution in [0.5, 0.6) is 0 Å². The number of carbonyl (C=O) groups excluding carboxylic acids is 1. The lowest BCUT2D eigenvalue weighted by Crippen LogP contribution is -2.56. The zero-order valence-electron chi connectivity index (χ0n) is 11.7. The molecule has 1 aliphatic rings. The number of benzene rings is 1. The molecule has 0 unspecified atom stereocenters. The van der Waals surface area contributed by atoms with Crippen molar-refractivity contribution in [3.05, 3.63) is 33.3 Å². The molecule has 0 heterocycles. The van der Waals surface area contributed by atoms with Crippen molar-refractivity contribution in [2.75, 3.05) is 0 Å². The van der Waals surface area contributed by atoms with Crippen LogP contribution in [0.25, 0.3) is 0 Å². The number of nitrogens with one attached hydrogen (secondary N) is 1. The number of carboxylic acid groups (broad SMARTS) is 1. The summed E-state index contributed by atoms with van der Waals surface area (Å²) in [5.74, 6) is -0.881. The minimum Gasteiger partial charge on any atom is -0.480 e. The van der Waals surface area contributed by atoms with Crippen LogP contribution in [0.15, 0.2) is 22.7 Å². The van der Waals surface area contributed by atoms with E-state index in [4.69, 9.17) is 11.6 Å². The normalized spacial score (nSPS) is 25.4. The number of carbonyl (C=O) groups is 2. The predicted octanol–water partition coefficient (Wildman–Crippen LogP) is 3.87. The number of hydrogen-bond donors (Lipinski definition) is 2. The Labute approximate surface area is 137 Å². The van der Waals surface area contributed by atoms with E-state index < -0.39 is 17.4 Å². The maximum atomic E-state index is 12.4. The summed E-state index contributed by atoms with van der Waals surface area (Å²) in [6, 6.07) is 4.83. The molecule has 0 spiro atoms. The van der Waals surface area contributed by atoms with Gasteiger partial charge in [-0.15, -0.1) is 0 Å². The molecule has 1 fully saturated rings. The minimum absolute atomic E-state index is 0.355. The largest absolute Gasteiger partial charge is 0.480 e. The van der Waals surface area contributed by atoms with Crippen LogP contribution in [0, 0.1) is 5.92 Å². The highest BCUT2D eigenvalue weighted by Crippen LogP contribution is 2.32. The molecule has 1 aliphatic carbocycles. The van der Waals surface area contributed by atoms with Gasteiger partial charge in [-0.05, 0) is 49.8 Å². The lowest BCUT2D eigenvalue weighted by Gasteiger charge is -2.36. The van der Waals surface area contributed by atoms with E-state index in [0.717, 1.165) is 12.8 Å². The summed E-state index contributed by atoms with van der Waals surface area (Å²) < 4.78 is 0.682. The van der Waals surface area contributed by atoms with E-state index in [1.165, 1.54) is 6.07 Å². The van der Waals surface area contributed by atoms with Crippen LogP contribution < -0.4 is 5.32 Å². The summed E-state index contributed by atoms with van der Waals surface area (Å²) in [6.45, 7) is 2.10. The van der Waals surface area contributed by atoms with Gasteiger partial charge in [0.05, 0.1) is 0 Å². The fraction of sp³-hybridized carbons (Fsp3) is 0.467. The number of aliphatic carboxylic acids is 1. The first-order valence-corrected chi connectivity index (χ1v) is 8.01. The third-order valence-electron chi connectivity index (χ3n) is 4.01. The lowest BCUT2D eigenvalue weighted by atomic mass is 9.77. The van der Waals surface area contributed by atoms with E-state index in [1.807, 2.05) is 0 Å². The lowest BCUT2D eigenvalue weighted by molar-refractivity contribution is -0.146. The maximum absolute atomic E-state index is 12.4. The van der Waals surface area contributed by atoms with Gasteiger partial charge in [0.15, 0.2) is 0 Å². The summed E-state index contributed by atoms with van der Waals surface area (Å²) >= 11 is 9.20. The van der Waals surface area contributed by atoms with E-state index in [0.29, 0.717) is 33.8 Å². The van der Waals surface area contributed by atoms with Gasteiger partial charge in [-0.1, -0.05) is 34.5 Å². The number of hydrogen-bond acceptors (Lipinski definition) is 2. The second-order valence-electron chi connectivity index (χ2n) is 5.68. The SMILES string of the molecule is CC1CCC(NC(=O)c2cc(Cl)cc(Br)c2)(C(=O)O)CC1. The Kier molecular flexibility index (Phi) is 4.94. The Balaban J connectivity index is 2.21. The highest BCUT2D eigenvalue weighted by atomic mass is 79.9. The van der Waals surface area contributed by atoms with Crippen molar-refractivity contribution in [3.63, 3.8) is 0 Å². The second-order valence-corrected chi connectivity index (χ2v) is 7.03. The third kappa shape index (κ3) is 3.77. The van der Waals surface area contributed by atoms with Crippen molar-refractivity contribution < 1.29 is 14.7 Å². The van der Waals surface area contributed by atoms with Crippen molar-refractivity contribution in [1.29, 1.82) is 0 Å². The van der Waals surface area contributed by atoms with E-state index in [2.05, 4.69) is 28.2 Å². The fourth-order valence-electron chi connectivity index (χ4n) is 2.62. The van der Waals surface area contributed by atoms with Gasteiger partial charge < -0.3 is 10.4 Å². The second kappa shape index (κ2) is 6.36. The first-order chi connectivity index (χ1) is 9.82. The van der Waals surface area contributed by atoms with Crippen molar-refractivity contribution in [2.45, 2.75) is 38.1 Å². The smallest absolute Gasteiger partial charge is 0.329 e. The first kappa shape index (κ1) is 16.3. The Bertz CT molecular complexity index is 548. The number of halogens is 2. The van der Waals surface area contributed by atoms with Crippen molar-refractivity contribution in [1.82, 2.24) is 5.32 Å². The number of rotatable bonds is 3. The summed E-state index contributed by atoms with van der Waals surface area (Å²) in [6.07, 6.45) is 2.51. The van der Waals surface area contributed by atoms with Gasteiger partial charge in [-0.3, -0.25) is 4.79 Å². The van der Waals surface area contributed by atoms with E-state index >= 15 is 0 Å². The molecular weight excluding hydrogens is 358 g/mol. The van der Waals surface area contributed by atoms with E-state index in [1.54, 1.807) is 12.1 Å². The quantitative estimate of drug-likeness (QED) is 0.844. The van der Waals surface area contributed by atoms with Crippen molar-refractivity contribution in [3.8, 4) is 0 Å². The third-order valence-corrected chi connectivity index (χ3v) is 4.69. The molecule has 2 N–H and O–H groups in total. The van der Waals surface area contributed by atoms with Gasteiger partial charge in [0.1, 0.15) is 5.54 Å². The molecule has 1 aromatic rings. The Hall–Kier alpha value is -1.07. The average Bonchev–Trinajstić information content (AvgIpc) is 2.40. The highest BCUT2D eigenvalue weighted by Gasteiger charge is 2.42. The number of amides is 1. The first-order valence-electron chi connectivity index (χ1n) is 6.84. The molecule has 1 amide bonds. The molecule has 0 saturated heterocycles. The van der Waals surface area contributed by atoms with Crippen LogP contribution in [0.4, 0.5) is 0 Å². The van der Waals surface area contributed by atoms with Gasteiger partial charge in [0.25, 0.3) is 5.91 Å². The van der Waals surface area contributed by atoms with Crippen LogP contribution in [-0.4, -0.2) is 22.5 Å². The Morgan fingerprint density at radius 3 is 2.48 bits per heavy atom. The summed E-state index contributed by atoms with van der Waals surface area (Å²) in [4.78, 5) is 24.0. The molecule has 1 saturated carbocycles. The average molecular weight is 375 g/mol. The monoisotopic (exact) mass is 373 g/mol. The minimum atomic E-state index is -1.17. The summed E-state index contributed by atoms with van der Waals surface area (Å²) in [7, 11) is 0. The van der Waals surface area contributed by atoms with Crippen LogP contribution in [-0.2, 0) is 4.79 Å². The molecule has 0 aliphatic heterocycles. The Morgan fingerprint density at radius 2 is 1.95 bits per heavy atom. The maximum Gasteiger partial charge on any atom is 0.329 e. The van der Waals surface area contributed by atoms with Crippen molar-refractivity contribution >= 4 is 39.4 Å². The van der Waals surface area contributed by atoms with Gasteiger partial charge >= 0.3 is 5.97 Å².